The van der Waals surface area contributed by atoms with Crippen LogP contribution in [0.1, 0.15) is 16.7 Å². The Labute approximate surface area is 198 Å². The second-order valence-corrected chi connectivity index (χ2v) is 9.05. The van der Waals surface area contributed by atoms with Crippen LogP contribution in [0.4, 0.5) is 4.79 Å². The van der Waals surface area contributed by atoms with E-state index in [1.54, 1.807) is 28.3 Å². The molecule has 1 fully saturated rings. The molecule has 176 valence electrons. The molecule has 1 aromatic carbocycles. The fourth-order valence-corrected chi connectivity index (χ4v) is 4.75. The van der Waals surface area contributed by atoms with Gasteiger partial charge >= 0.3 is 6.03 Å². The molecule has 1 atom stereocenters. The molecule has 5 rings (SSSR count). The van der Waals surface area contributed by atoms with E-state index < -0.39 is 6.10 Å². The van der Waals surface area contributed by atoms with Crippen LogP contribution in [-0.2, 0) is 19.5 Å². The number of pyridine rings is 2. The number of aliphatic hydroxyl groups excluding tert-OH is 1. The van der Waals surface area contributed by atoms with Gasteiger partial charge in [-0.25, -0.2) is 4.79 Å². The molecule has 8 heteroatoms. The number of hydrogen-bond acceptors (Lipinski definition) is 5. The normalized spacial score (nSPS) is 17.1. The summed E-state index contributed by atoms with van der Waals surface area (Å²) in [5, 5.41) is 10.7. The number of H-pyrrole nitrogens is 1. The predicted octanol–water partition coefficient (Wildman–Crippen LogP) is 2.09. The van der Waals surface area contributed by atoms with Crippen LogP contribution in [0.2, 0.25) is 0 Å². The van der Waals surface area contributed by atoms with Gasteiger partial charge in [-0.2, -0.15) is 0 Å². The molecule has 0 radical (unpaired) electrons. The lowest BCUT2D eigenvalue weighted by Crippen LogP contribution is -2.43. The van der Waals surface area contributed by atoms with Crippen molar-refractivity contribution in [1.29, 1.82) is 0 Å². The molecule has 4 heterocycles. The third kappa shape index (κ3) is 5.03. The Balaban J connectivity index is 1.12. The second-order valence-electron chi connectivity index (χ2n) is 9.05. The number of nitrogens with one attached hydrogen (secondary N) is 1. The molecule has 2 amide bonds. The zero-order chi connectivity index (χ0) is 23.5. The molecule has 34 heavy (non-hydrogen) atoms. The summed E-state index contributed by atoms with van der Waals surface area (Å²) in [5.41, 5.74) is 5.10. The zero-order valence-electron chi connectivity index (χ0n) is 19.1. The Bertz CT molecular complexity index is 1190. The molecule has 2 aliphatic rings. The summed E-state index contributed by atoms with van der Waals surface area (Å²) >= 11 is 0. The monoisotopic (exact) mass is 459 g/mol. The molecule has 1 saturated heterocycles. The first-order valence-corrected chi connectivity index (χ1v) is 11.7. The third-order valence-corrected chi connectivity index (χ3v) is 6.57. The maximum Gasteiger partial charge on any atom is 0.320 e. The van der Waals surface area contributed by atoms with Crippen molar-refractivity contribution >= 4 is 6.03 Å². The van der Waals surface area contributed by atoms with Crippen molar-refractivity contribution < 1.29 is 9.90 Å². The van der Waals surface area contributed by atoms with Gasteiger partial charge in [0.25, 0.3) is 0 Å². The minimum absolute atomic E-state index is 0.0484. The van der Waals surface area contributed by atoms with Crippen LogP contribution in [0.25, 0.3) is 11.3 Å². The fourth-order valence-electron chi connectivity index (χ4n) is 4.75. The Hall–Kier alpha value is -3.49. The molecule has 2 N–H and O–H groups in total. The fraction of sp³-hybridized carbons (Fsp3) is 0.346. The highest BCUT2D eigenvalue weighted by atomic mass is 16.3. The standard InChI is InChI=1S/C26H29N5O3/c32-23(17-29-10-9-20-3-1-2-4-22(20)16-29)18-31-12-11-30(26(31)34)15-19-5-7-24(27-13-19)21-6-8-25(33)28-14-21/h1-8,13-14,23,32H,9-12,15-18H2,(H,28,33). The van der Waals surface area contributed by atoms with Crippen LogP contribution in [0.5, 0.6) is 0 Å². The first-order valence-electron chi connectivity index (χ1n) is 11.7. The number of fused-ring (bicyclic) bond motifs is 1. The summed E-state index contributed by atoms with van der Waals surface area (Å²) in [6.07, 6.45) is 3.82. The van der Waals surface area contributed by atoms with Gasteiger partial charge in [0.05, 0.1) is 11.8 Å². The van der Waals surface area contributed by atoms with Crippen molar-refractivity contribution in [3.8, 4) is 11.3 Å². The van der Waals surface area contributed by atoms with E-state index in [1.165, 1.54) is 17.2 Å². The number of rotatable bonds is 7. The number of urea groups is 1. The molecular weight excluding hydrogens is 430 g/mol. The Morgan fingerprint density at radius 1 is 0.941 bits per heavy atom. The number of carbonyl (C=O) groups is 1. The topological polar surface area (TPSA) is 92.8 Å². The van der Waals surface area contributed by atoms with E-state index >= 15 is 0 Å². The number of carbonyl (C=O) groups excluding carboxylic acids is 1. The van der Waals surface area contributed by atoms with E-state index in [9.17, 15) is 14.7 Å². The minimum Gasteiger partial charge on any atom is -0.390 e. The van der Waals surface area contributed by atoms with Gasteiger partial charge in [0.1, 0.15) is 0 Å². The number of hydrogen-bond donors (Lipinski definition) is 2. The minimum atomic E-state index is -0.576. The van der Waals surface area contributed by atoms with Gasteiger partial charge in [0, 0.05) is 69.8 Å². The van der Waals surface area contributed by atoms with Gasteiger partial charge < -0.3 is 19.9 Å². The summed E-state index contributed by atoms with van der Waals surface area (Å²) in [6.45, 7) is 4.40. The van der Waals surface area contributed by atoms with Crippen LogP contribution in [0.3, 0.4) is 0 Å². The van der Waals surface area contributed by atoms with Crippen molar-refractivity contribution in [2.75, 3.05) is 32.7 Å². The first-order chi connectivity index (χ1) is 16.5. The van der Waals surface area contributed by atoms with E-state index in [0.717, 1.165) is 36.3 Å². The molecule has 8 nitrogen and oxygen atoms in total. The third-order valence-electron chi connectivity index (χ3n) is 6.57. The quantitative estimate of drug-likeness (QED) is 0.565. The number of aromatic nitrogens is 2. The smallest absolute Gasteiger partial charge is 0.320 e. The van der Waals surface area contributed by atoms with Crippen LogP contribution >= 0.6 is 0 Å². The highest BCUT2D eigenvalue weighted by Gasteiger charge is 2.30. The van der Waals surface area contributed by atoms with Crippen LogP contribution < -0.4 is 5.56 Å². The molecule has 0 spiro atoms. The van der Waals surface area contributed by atoms with Crippen molar-refractivity contribution in [3.05, 3.63) is 88.0 Å². The Morgan fingerprint density at radius 2 is 1.76 bits per heavy atom. The first kappa shape index (κ1) is 22.3. The van der Waals surface area contributed by atoms with Gasteiger partial charge in [-0.3, -0.25) is 14.7 Å². The molecule has 3 aromatic rings. The molecule has 1 unspecified atom stereocenters. The lowest BCUT2D eigenvalue weighted by molar-refractivity contribution is 0.0812. The van der Waals surface area contributed by atoms with Gasteiger partial charge in [-0.15, -0.1) is 0 Å². The van der Waals surface area contributed by atoms with Crippen molar-refractivity contribution in [2.45, 2.75) is 25.6 Å². The maximum absolute atomic E-state index is 12.9. The maximum atomic E-state index is 12.9. The summed E-state index contributed by atoms with van der Waals surface area (Å²) in [5.74, 6) is 0. The summed E-state index contributed by atoms with van der Waals surface area (Å²) in [4.78, 5) is 37.1. The number of benzene rings is 1. The predicted molar refractivity (Wildman–Crippen MR) is 129 cm³/mol. The molecule has 0 bridgehead atoms. The van der Waals surface area contributed by atoms with Gasteiger partial charge in [0.15, 0.2) is 0 Å². The second kappa shape index (κ2) is 9.79. The van der Waals surface area contributed by atoms with Crippen LogP contribution in [0, 0.1) is 0 Å². The number of nitrogens with zero attached hydrogens (tertiary/aromatic N) is 4. The number of β-amino-alcohol motifs (C(OH)–C–C–N with tert-alkyl or cyclic N) is 1. The van der Waals surface area contributed by atoms with Crippen molar-refractivity contribution in [1.82, 2.24) is 24.7 Å². The SMILES string of the molecule is O=C1N(Cc2ccc(-c3ccc(=O)[nH]c3)nc2)CCN1CC(O)CN1CCc2ccccc2C1. The van der Waals surface area contributed by atoms with E-state index in [1.807, 2.05) is 12.1 Å². The average molecular weight is 460 g/mol. The van der Waals surface area contributed by atoms with Crippen LogP contribution in [-0.4, -0.2) is 74.6 Å². The number of aliphatic hydroxyl groups is 1. The van der Waals surface area contributed by atoms with E-state index in [4.69, 9.17) is 0 Å². The van der Waals surface area contributed by atoms with Gasteiger partial charge in [0.2, 0.25) is 5.56 Å². The lowest BCUT2D eigenvalue weighted by Gasteiger charge is -2.31. The van der Waals surface area contributed by atoms with Crippen molar-refractivity contribution in [3.63, 3.8) is 0 Å². The van der Waals surface area contributed by atoms with Crippen LogP contribution in [0.15, 0.2) is 65.7 Å². The van der Waals surface area contributed by atoms with E-state index in [0.29, 0.717) is 32.7 Å². The lowest BCUT2D eigenvalue weighted by atomic mass is 10.00. The molecule has 0 saturated carbocycles. The number of amides is 2. The summed E-state index contributed by atoms with van der Waals surface area (Å²) in [6, 6.07) is 15.5. The van der Waals surface area contributed by atoms with Crippen molar-refractivity contribution in [2.24, 2.45) is 0 Å². The van der Waals surface area contributed by atoms with Gasteiger partial charge in [-0.1, -0.05) is 30.3 Å². The van der Waals surface area contributed by atoms with E-state index in [2.05, 4.69) is 39.1 Å². The van der Waals surface area contributed by atoms with Gasteiger partial charge in [-0.05, 0) is 35.2 Å². The Kier molecular flexibility index (Phi) is 6.42. The highest BCUT2D eigenvalue weighted by Crippen LogP contribution is 2.20. The highest BCUT2D eigenvalue weighted by molar-refractivity contribution is 5.76. The zero-order valence-corrected chi connectivity index (χ0v) is 19.1. The summed E-state index contributed by atoms with van der Waals surface area (Å²) < 4.78 is 0. The molecule has 2 aromatic heterocycles. The average Bonchev–Trinajstić information content (AvgIpc) is 3.18. The van der Waals surface area contributed by atoms with E-state index in [-0.39, 0.29) is 11.6 Å². The molecule has 2 aliphatic heterocycles. The Morgan fingerprint density at radius 3 is 2.53 bits per heavy atom. The largest absolute Gasteiger partial charge is 0.390 e. The molecular formula is C26H29N5O3. The number of aromatic amines is 1. The molecule has 0 aliphatic carbocycles. The summed E-state index contributed by atoms with van der Waals surface area (Å²) in [7, 11) is 0.